The van der Waals surface area contributed by atoms with Crippen molar-refractivity contribution in [3.8, 4) is 6.07 Å². The average Bonchev–Trinajstić information content (AvgIpc) is 3.09. The highest BCUT2D eigenvalue weighted by Crippen LogP contribution is 2.30. The van der Waals surface area contributed by atoms with Crippen molar-refractivity contribution in [2.75, 3.05) is 5.32 Å². The minimum atomic E-state index is -1.10. The van der Waals surface area contributed by atoms with Crippen molar-refractivity contribution in [2.45, 2.75) is 13.5 Å². The van der Waals surface area contributed by atoms with E-state index in [4.69, 9.17) is 16.7 Å². The van der Waals surface area contributed by atoms with Gasteiger partial charge in [-0.25, -0.2) is 4.79 Å². The SMILES string of the molecule is Cc1c(/C=C(/C#N)C(=O)Nc2cccc(C(=O)O)c2)c2ccccc2n1Cc1ccccc1Cl. The Hall–Kier alpha value is -4.34. The number of hydrogen-bond donors (Lipinski definition) is 2. The zero-order valence-electron chi connectivity index (χ0n) is 18.2. The fourth-order valence-corrected chi connectivity index (χ4v) is 4.06. The third-order valence-corrected chi connectivity index (χ3v) is 5.96. The molecule has 6 nitrogen and oxygen atoms in total. The van der Waals surface area contributed by atoms with E-state index in [1.54, 1.807) is 12.1 Å². The molecule has 1 heterocycles. The van der Waals surface area contributed by atoms with Gasteiger partial charge in [0.15, 0.2) is 0 Å². The molecule has 0 saturated heterocycles. The lowest BCUT2D eigenvalue weighted by molar-refractivity contribution is -0.112. The van der Waals surface area contributed by atoms with Crippen LogP contribution in [0.1, 0.15) is 27.2 Å². The van der Waals surface area contributed by atoms with Crippen LogP contribution < -0.4 is 5.32 Å². The Bertz CT molecular complexity index is 1490. The first-order chi connectivity index (χ1) is 16.4. The molecule has 3 aromatic carbocycles. The fraction of sp³-hybridized carbons (Fsp3) is 0.0741. The molecular formula is C27H20ClN3O3. The second-order valence-electron chi connectivity index (χ2n) is 7.70. The van der Waals surface area contributed by atoms with E-state index in [9.17, 15) is 14.9 Å². The summed E-state index contributed by atoms with van der Waals surface area (Å²) in [6, 6.07) is 23.2. The fourth-order valence-electron chi connectivity index (χ4n) is 3.86. The molecule has 0 bridgehead atoms. The summed E-state index contributed by atoms with van der Waals surface area (Å²) in [6.45, 7) is 2.47. The minimum absolute atomic E-state index is 0.0405. The van der Waals surface area contributed by atoms with Gasteiger partial charge in [0.1, 0.15) is 11.6 Å². The van der Waals surface area contributed by atoms with E-state index in [0.29, 0.717) is 17.3 Å². The largest absolute Gasteiger partial charge is 0.478 e. The normalized spacial score (nSPS) is 11.3. The number of carbonyl (C=O) groups is 2. The Balaban J connectivity index is 1.73. The number of benzene rings is 3. The first-order valence-corrected chi connectivity index (χ1v) is 10.8. The van der Waals surface area contributed by atoms with Crippen LogP contribution in [-0.4, -0.2) is 21.6 Å². The van der Waals surface area contributed by atoms with E-state index in [1.165, 1.54) is 18.2 Å². The van der Waals surface area contributed by atoms with Gasteiger partial charge in [-0.05, 0) is 48.9 Å². The summed E-state index contributed by atoms with van der Waals surface area (Å²) in [5, 5.41) is 23.1. The molecule has 2 N–H and O–H groups in total. The van der Waals surface area contributed by atoms with Crippen LogP contribution >= 0.6 is 11.6 Å². The Kier molecular flexibility index (Phi) is 6.48. The molecule has 7 heteroatoms. The van der Waals surface area contributed by atoms with Crippen molar-refractivity contribution in [3.05, 3.63) is 106 Å². The van der Waals surface area contributed by atoms with Crippen molar-refractivity contribution in [3.63, 3.8) is 0 Å². The van der Waals surface area contributed by atoms with Crippen molar-refractivity contribution >= 4 is 46.1 Å². The molecule has 0 fully saturated rings. The number of amides is 1. The van der Waals surface area contributed by atoms with Gasteiger partial charge in [-0.3, -0.25) is 4.79 Å². The van der Waals surface area contributed by atoms with Crippen molar-refractivity contribution < 1.29 is 14.7 Å². The minimum Gasteiger partial charge on any atom is -0.478 e. The summed E-state index contributed by atoms with van der Waals surface area (Å²) in [4.78, 5) is 24.0. The highest BCUT2D eigenvalue weighted by Gasteiger charge is 2.17. The summed E-state index contributed by atoms with van der Waals surface area (Å²) in [6.07, 6.45) is 1.57. The van der Waals surface area contributed by atoms with E-state index in [0.717, 1.165) is 27.7 Å². The summed E-state index contributed by atoms with van der Waals surface area (Å²) in [7, 11) is 0. The Morgan fingerprint density at radius 3 is 2.56 bits per heavy atom. The molecule has 4 rings (SSSR count). The maximum atomic E-state index is 12.8. The molecule has 0 aliphatic heterocycles. The van der Waals surface area contributed by atoms with Crippen molar-refractivity contribution in [1.82, 2.24) is 4.57 Å². The molecule has 0 atom stereocenters. The standard InChI is InChI=1S/C27H20ClN3O3/c1-17-23(14-20(15-29)26(32)30-21-9-6-8-18(13-21)27(33)34)22-10-3-5-12-25(22)31(17)16-19-7-2-4-11-24(19)28/h2-14H,16H2,1H3,(H,30,32)(H,33,34)/b20-14-. The van der Waals surface area contributed by atoms with Gasteiger partial charge in [-0.1, -0.05) is 54.1 Å². The number of fused-ring (bicyclic) bond motifs is 1. The molecule has 0 aliphatic rings. The highest BCUT2D eigenvalue weighted by molar-refractivity contribution is 6.31. The molecule has 1 amide bonds. The van der Waals surface area contributed by atoms with Gasteiger partial charge in [-0.2, -0.15) is 5.26 Å². The molecule has 0 unspecified atom stereocenters. The molecule has 1 aromatic heterocycles. The maximum absolute atomic E-state index is 12.8. The lowest BCUT2D eigenvalue weighted by Crippen LogP contribution is -2.14. The zero-order chi connectivity index (χ0) is 24.2. The topological polar surface area (TPSA) is 95.1 Å². The van der Waals surface area contributed by atoms with Crippen LogP contribution in [0.5, 0.6) is 0 Å². The van der Waals surface area contributed by atoms with Gasteiger partial charge < -0.3 is 15.0 Å². The first-order valence-electron chi connectivity index (χ1n) is 10.5. The van der Waals surface area contributed by atoms with Crippen molar-refractivity contribution in [1.29, 1.82) is 5.26 Å². The van der Waals surface area contributed by atoms with E-state index < -0.39 is 11.9 Å². The summed E-state index contributed by atoms with van der Waals surface area (Å²) >= 11 is 6.38. The van der Waals surface area contributed by atoms with Crippen LogP contribution in [0, 0.1) is 18.3 Å². The maximum Gasteiger partial charge on any atom is 0.335 e. The molecule has 0 saturated carbocycles. The number of nitriles is 1. The number of carbonyl (C=O) groups excluding carboxylic acids is 1. The summed E-state index contributed by atoms with van der Waals surface area (Å²) in [5.41, 5.74) is 3.80. The molecular weight excluding hydrogens is 450 g/mol. The highest BCUT2D eigenvalue weighted by atomic mass is 35.5. The van der Waals surface area contributed by atoms with Crippen LogP contribution in [-0.2, 0) is 11.3 Å². The number of aromatic carboxylic acids is 1. The van der Waals surface area contributed by atoms with Crippen LogP contribution in [0.2, 0.25) is 5.02 Å². The Morgan fingerprint density at radius 1 is 1.09 bits per heavy atom. The van der Waals surface area contributed by atoms with Crippen LogP contribution in [0.25, 0.3) is 17.0 Å². The van der Waals surface area contributed by atoms with Gasteiger partial charge in [0.2, 0.25) is 0 Å². The first kappa shape index (κ1) is 22.8. The van der Waals surface area contributed by atoms with Gasteiger partial charge in [0.05, 0.1) is 5.56 Å². The van der Waals surface area contributed by atoms with E-state index >= 15 is 0 Å². The third kappa shape index (κ3) is 4.56. The number of nitrogens with one attached hydrogen (secondary N) is 1. The second kappa shape index (κ2) is 9.65. The summed E-state index contributed by atoms with van der Waals surface area (Å²) in [5.74, 6) is -1.72. The lowest BCUT2D eigenvalue weighted by Gasteiger charge is -2.10. The predicted octanol–water partition coefficient (Wildman–Crippen LogP) is 5.90. The lowest BCUT2D eigenvalue weighted by atomic mass is 10.1. The Labute approximate surface area is 201 Å². The average molecular weight is 470 g/mol. The number of nitrogens with zero attached hydrogens (tertiary/aromatic N) is 2. The molecule has 0 aliphatic carbocycles. The van der Waals surface area contributed by atoms with Gasteiger partial charge in [-0.15, -0.1) is 0 Å². The van der Waals surface area contributed by atoms with E-state index in [1.807, 2.05) is 61.5 Å². The monoisotopic (exact) mass is 469 g/mol. The number of carboxylic acids is 1. The molecule has 0 radical (unpaired) electrons. The zero-order valence-corrected chi connectivity index (χ0v) is 19.0. The quantitative estimate of drug-likeness (QED) is 0.271. The molecule has 0 spiro atoms. The molecule has 34 heavy (non-hydrogen) atoms. The number of hydrogen-bond acceptors (Lipinski definition) is 3. The smallest absolute Gasteiger partial charge is 0.335 e. The predicted molar refractivity (Wildman–Crippen MR) is 133 cm³/mol. The number of carboxylic acid groups (broad SMARTS) is 1. The third-order valence-electron chi connectivity index (χ3n) is 5.59. The van der Waals surface area contributed by atoms with Gasteiger partial charge >= 0.3 is 5.97 Å². The number of aromatic nitrogens is 1. The number of para-hydroxylation sites is 1. The molecule has 4 aromatic rings. The summed E-state index contributed by atoms with van der Waals surface area (Å²) < 4.78 is 2.10. The number of rotatable bonds is 6. The number of anilines is 1. The number of halogens is 1. The van der Waals surface area contributed by atoms with E-state index in [2.05, 4.69) is 9.88 Å². The van der Waals surface area contributed by atoms with Crippen LogP contribution in [0.15, 0.2) is 78.4 Å². The molecule has 168 valence electrons. The second-order valence-corrected chi connectivity index (χ2v) is 8.11. The van der Waals surface area contributed by atoms with Gasteiger partial charge in [0.25, 0.3) is 5.91 Å². The van der Waals surface area contributed by atoms with Crippen LogP contribution in [0.4, 0.5) is 5.69 Å². The van der Waals surface area contributed by atoms with E-state index in [-0.39, 0.29) is 11.1 Å². The Morgan fingerprint density at radius 2 is 1.82 bits per heavy atom. The van der Waals surface area contributed by atoms with Crippen LogP contribution in [0.3, 0.4) is 0 Å². The van der Waals surface area contributed by atoms with Crippen molar-refractivity contribution in [2.24, 2.45) is 0 Å². The van der Waals surface area contributed by atoms with Gasteiger partial charge in [0, 0.05) is 39.4 Å².